The third-order valence-corrected chi connectivity index (χ3v) is 5.52. The third-order valence-electron chi connectivity index (χ3n) is 4.23. The summed E-state index contributed by atoms with van der Waals surface area (Å²) in [5, 5.41) is 12.7. The molecule has 29 heavy (non-hydrogen) atoms. The summed E-state index contributed by atoms with van der Waals surface area (Å²) in [6.45, 7) is 3.07. The molecule has 1 aromatic heterocycles. The van der Waals surface area contributed by atoms with Crippen molar-refractivity contribution in [1.29, 1.82) is 0 Å². The number of carbonyl (C=O) groups is 1. The molecule has 1 unspecified atom stereocenters. The lowest BCUT2D eigenvalue weighted by atomic mass is 10.2. The molecular formula is C21H23ClN4O2S. The highest BCUT2D eigenvalue weighted by molar-refractivity contribution is 8.00. The van der Waals surface area contributed by atoms with Crippen LogP contribution < -0.4 is 5.32 Å². The van der Waals surface area contributed by atoms with Crippen LogP contribution in [-0.2, 0) is 9.53 Å². The molecule has 0 radical (unpaired) electrons. The van der Waals surface area contributed by atoms with Crippen LogP contribution in [0.2, 0.25) is 5.02 Å². The molecule has 152 valence electrons. The summed E-state index contributed by atoms with van der Waals surface area (Å²) >= 11 is 7.40. The van der Waals surface area contributed by atoms with Gasteiger partial charge in [-0.1, -0.05) is 41.6 Å². The van der Waals surface area contributed by atoms with Crippen LogP contribution in [0.25, 0.3) is 17.1 Å². The first kappa shape index (κ1) is 21.4. The quantitative estimate of drug-likeness (QED) is 0.406. The number of ether oxygens (including phenoxy) is 1. The van der Waals surface area contributed by atoms with E-state index in [2.05, 4.69) is 15.5 Å². The second kappa shape index (κ2) is 10.4. The fourth-order valence-corrected chi connectivity index (χ4v) is 3.74. The summed E-state index contributed by atoms with van der Waals surface area (Å²) in [5.74, 6) is 0.657. The number of nitrogens with one attached hydrogen (secondary N) is 1. The molecule has 0 spiro atoms. The van der Waals surface area contributed by atoms with Gasteiger partial charge < -0.3 is 10.1 Å². The molecular weight excluding hydrogens is 408 g/mol. The van der Waals surface area contributed by atoms with E-state index in [1.165, 1.54) is 11.8 Å². The highest BCUT2D eigenvalue weighted by atomic mass is 35.5. The van der Waals surface area contributed by atoms with Gasteiger partial charge in [0.1, 0.15) is 0 Å². The molecule has 0 fully saturated rings. The number of para-hydroxylation sites is 1. The van der Waals surface area contributed by atoms with Crippen LogP contribution in [0, 0.1) is 0 Å². The van der Waals surface area contributed by atoms with E-state index in [4.69, 9.17) is 16.3 Å². The minimum atomic E-state index is -0.317. The number of hydrogen-bond acceptors (Lipinski definition) is 5. The van der Waals surface area contributed by atoms with E-state index in [-0.39, 0.29) is 11.2 Å². The predicted octanol–water partition coefficient (Wildman–Crippen LogP) is 4.22. The summed E-state index contributed by atoms with van der Waals surface area (Å²) < 4.78 is 6.97. The Balaban J connectivity index is 1.85. The number of carbonyl (C=O) groups excluding carboxylic acids is 1. The Morgan fingerprint density at radius 3 is 2.59 bits per heavy atom. The lowest BCUT2D eigenvalue weighted by Crippen LogP contribution is -2.32. The van der Waals surface area contributed by atoms with Gasteiger partial charge in [-0.2, -0.15) is 0 Å². The van der Waals surface area contributed by atoms with E-state index in [9.17, 15) is 4.79 Å². The normalized spacial score (nSPS) is 12.0. The first-order chi connectivity index (χ1) is 14.1. The van der Waals surface area contributed by atoms with Crippen LogP contribution in [0.15, 0.2) is 59.8 Å². The van der Waals surface area contributed by atoms with Crippen molar-refractivity contribution in [2.75, 3.05) is 20.3 Å². The molecule has 0 aliphatic heterocycles. The average molecular weight is 431 g/mol. The van der Waals surface area contributed by atoms with Crippen molar-refractivity contribution < 1.29 is 9.53 Å². The number of rotatable bonds is 9. The van der Waals surface area contributed by atoms with Crippen molar-refractivity contribution in [2.24, 2.45) is 0 Å². The number of aromatic nitrogens is 3. The highest BCUT2D eigenvalue weighted by Gasteiger charge is 2.21. The second-order valence-electron chi connectivity index (χ2n) is 6.38. The molecule has 3 rings (SSSR count). The average Bonchev–Trinajstić information content (AvgIpc) is 3.15. The van der Waals surface area contributed by atoms with Crippen LogP contribution in [0.3, 0.4) is 0 Å². The Morgan fingerprint density at radius 2 is 1.90 bits per heavy atom. The van der Waals surface area contributed by atoms with Gasteiger partial charge in [0.15, 0.2) is 11.0 Å². The second-order valence-corrected chi connectivity index (χ2v) is 8.13. The standard InChI is InChI=1S/C21H23ClN4O2S/c1-15(20(27)23-13-6-14-28-2)29-21-25-24-19(16-9-11-17(22)12-10-16)26(21)18-7-4-3-5-8-18/h3-5,7-12,15H,6,13-14H2,1-2H3,(H,23,27). The van der Waals surface area contributed by atoms with Crippen LogP contribution >= 0.6 is 23.4 Å². The molecule has 1 heterocycles. The number of hydrogen-bond donors (Lipinski definition) is 1. The number of nitrogens with zero attached hydrogens (tertiary/aromatic N) is 3. The molecule has 1 N–H and O–H groups in total. The van der Waals surface area contributed by atoms with E-state index in [1.54, 1.807) is 7.11 Å². The summed E-state index contributed by atoms with van der Waals surface area (Å²) in [4.78, 5) is 12.4. The number of benzene rings is 2. The lowest BCUT2D eigenvalue weighted by molar-refractivity contribution is -0.120. The fraction of sp³-hybridized carbons (Fsp3) is 0.286. The highest BCUT2D eigenvalue weighted by Crippen LogP contribution is 2.30. The van der Waals surface area contributed by atoms with Gasteiger partial charge in [-0.15, -0.1) is 10.2 Å². The Hall–Kier alpha value is -2.35. The molecule has 3 aromatic rings. The van der Waals surface area contributed by atoms with E-state index < -0.39 is 0 Å². The van der Waals surface area contributed by atoms with Crippen molar-refractivity contribution in [3.63, 3.8) is 0 Å². The largest absolute Gasteiger partial charge is 0.385 e. The summed E-state index contributed by atoms with van der Waals surface area (Å²) in [7, 11) is 1.65. The number of thioether (sulfide) groups is 1. The molecule has 0 saturated carbocycles. The van der Waals surface area contributed by atoms with E-state index in [1.807, 2.05) is 66.1 Å². The van der Waals surface area contributed by atoms with Crippen molar-refractivity contribution in [3.05, 3.63) is 59.6 Å². The van der Waals surface area contributed by atoms with Crippen LogP contribution in [0.5, 0.6) is 0 Å². The van der Waals surface area contributed by atoms with E-state index >= 15 is 0 Å². The summed E-state index contributed by atoms with van der Waals surface area (Å²) in [6, 6.07) is 17.3. The molecule has 8 heteroatoms. The van der Waals surface area contributed by atoms with Crippen molar-refractivity contribution >= 4 is 29.3 Å². The van der Waals surface area contributed by atoms with Gasteiger partial charge in [0.25, 0.3) is 0 Å². The van der Waals surface area contributed by atoms with Gasteiger partial charge in [0.05, 0.1) is 5.25 Å². The molecule has 0 saturated heterocycles. The van der Waals surface area contributed by atoms with Gasteiger partial charge in [-0.3, -0.25) is 9.36 Å². The Bertz CT molecular complexity index is 932. The first-order valence-electron chi connectivity index (χ1n) is 9.30. The molecule has 0 aliphatic rings. The van der Waals surface area contributed by atoms with Gasteiger partial charge >= 0.3 is 0 Å². The lowest BCUT2D eigenvalue weighted by Gasteiger charge is -2.14. The first-order valence-corrected chi connectivity index (χ1v) is 10.6. The van der Waals surface area contributed by atoms with Gasteiger partial charge in [0.2, 0.25) is 5.91 Å². The van der Waals surface area contributed by atoms with Crippen molar-refractivity contribution in [2.45, 2.75) is 23.8 Å². The van der Waals surface area contributed by atoms with E-state index in [0.717, 1.165) is 17.7 Å². The predicted molar refractivity (Wildman–Crippen MR) is 117 cm³/mol. The number of amides is 1. The third kappa shape index (κ3) is 5.59. The zero-order valence-corrected chi connectivity index (χ0v) is 17.9. The van der Waals surface area contributed by atoms with Crippen LogP contribution in [0.4, 0.5) is 0 Å². The maximum absolute atomic E-state index is 12.4. The number of methoxy groups -OCH3 is 1. The molecule has 1 amide bonds. The Kier molecular flexibility index (Phi) is 7.69. The zero-order chi connectivity index (χ0) is 20.6. The van der Waals surface area contributed by atoms with Crippen LogP contribution in [-0.4, -0.2) is 46.2 Å². The van der Waals surface area contributed by atoms with Crippen LogP contribution in [0.1, 0.15) is 13.3 Å². The van der Waals surface area contributed by atoms with E-state index in [0.29, 0.717) is 29.2 Å². The Labute approximate surface area is 179 Å². The maximum atomic E-state index is 12.4. The molecule has 0 aliphatic carbocycles. The maximum Gasteiger partial charge on any atom is 0.233 e. The smallest absolute Gasteiger partial charge is 0.233 e. The minimum Gasteiger partial charge on any atom is -0.385 e. The summed E-state index contributed by atoms with van der Waals surface area (Å²) in [6.07, 6.45) is 0.778. The van der Waals surface area contributed by atoms with Gasteiger partial charge in [0, 0.05) is 36.5 Å². The molecule has 2 aromatic carbocycles. The monoisotopic (exact) mass is 430 g/mol. The fourth-order valence-electron chi connectivity index (χ4n) is 2.73. The summed E-state index contributed by atoms with van der Waals surface area (Å²) in [5.41, 5.74) is 1.83. The van der Waals surface area contributed by atoms with Crippen molar-refractivity contribution in [3.8, 4) is 17.1 Å². The molecule has 1 atom stereocenters. The van der Waals surface area contributed by atoms with Gasteiger partial charge in [-0.25, -0.2) is 0 Å². The molecule has 0 bridgehead atoms. The SMILES string of the molecule is COCCCNC(=O)C(C)Sc1nnc(-c2ccc(Cl)cc2)n1-c1ccccc1. The minimum absolute atomic E-state index is 0.0400. The van der Waals surface area contributed by atoms with Gasteiger partial charge in [-0.05, 0) is 49.7 Å². The zero-order valence-electron chi connectivity index (χ0n) is 16.3. The topological polar surface area (TPSA) is 69.0 Å². The number of halogens is 1. The van der Waals surface area contributed by atoms with Crippen molar-refractivity contribution in [1.82, 2.24) is 20.1 Å². The molecule has 6 nitrogen and oxygen atoms in total. The Morgan fingerprint density at radius 1 is 1.17 bits per heavy atom.